The van der Waals surface area contributed by atoms with E-state index in [1.54, 1.807) is 0 Å². The lowest BCUT2D eigenvalue weighted by Gasteiger charge is -2.70. The molecule has 1 aliphatic heterocycles. The van der Waals surface area contributed by atoms with Gasteiger partial charge in [-0.3, -0.25) is 14.5 Å². The predicted octanol–water partition coefficient (Wildman–Crippen LogP) is 10.5. The van der Waals surface area contributed by atoms with E-state index in [-0.39, 0.29) is 77.7 Å². The van der Waals surface area contributed by atoms with Gasteiger partial charge in [0.05, 0.1) is 11.0 Å². The van der Waals surface area contributed by atoms with Crippen molar-refractivity contribution in [2.45, 2.75) is 136 Å². The Bertz CT molecular complexity index is 1900. The van der Waals surface area contributed by atoms with E-state index in [9.17, 15) is 18.4 Å². The molecule has 8 rings (SSSR count). The topological polar surface area (TPSA) is 76.0 Å². The highest BCUT2D eigenvalue weighted by Crippen LogP contribution is 2.75. The van der Waals surface area contributed by atoms with Gasteiger partial charge in [0.25, 0.3) is 5.92 Å². The van der Waals surface area contributed by atoms with Gasteiger partial charge in [-0.25, -0.2) is 13.6 Å². The number of alkyl halides is 2. The second kappa shape index (κ2) is 13.5. The molecular weight excluding hydrogens is 707 g/mol. The Hall–Kier alpha value is -3.48. The Balaban J connectivity index is 1.11. The second-order valence-corrected chi connectivity index (χ2v) is 20.2. The van der Waals surface area contributed by atoms with Crippen LogP contribution in [0.4, 0.5) is 8.78 Å². The number of carbonyl (C=O) groups is 2. The first kappa shape index (κ1) is 39.4. The average molecular weight is 767 g/mol. The molecule has 0 aromatic heterocycles. The number of hydrogen-bond donors (Lipinski definition) is 0. The van der Waals surface area contributed by atoms with Crippen molar-refractivity contribution in [2.75, 3.05) is 13.1 Å². The van der Waals surface area contributed by atoms with Crippen LogP contribution in [0, 0.1) is 44.8 Å². The van der Waals surface area contributed by atoms with E-state index in [1.807, 2.05) is 79.7 Å². The molecule has 300 valence electrons. The maximum absolute atomic E-state index is 15.1. The summed E-state index contributed by atoms with van der Waals surface area (Å²) in [5.74, 6) is -2.96. The van der Waals surface area contributed by atoms with Crippen LogP contribution in [0.1, 0.15) is 129 Å². The maximum Gasteiger partial charge on any atom is 0.312 e. The van der Waals surface area contributed by atoms with Crippen LogP contribution in [-0.4, -0.2) is 53.3 Å². The Morgan fingerprint density at radius 3 is 2.04 bits per heavy atom. The number of fused-ring (bicyclic) bond motifs is 7. The molecule has 0 bridgehead atoms. The van der Waals surface area contributed by atoms with Crippen LogP contribution in [0.2, 0.25) is 0 Å². The minimum Gasteiger partial charge on any atom is -0.452 e. The van der Waals surface area contributed by atoms with Crippen LogP contribution >= 0.6 is 0 Å². The number of halogens is 2. The fraction of sp³-hybridized carbons (Fsp3) is 0.646. The highest BCUT2D eigenvalue weighted by Gasteiger charge is 2.71. The number of piperidine rings is 1. The van der Waals surface area contributed by atoms with E-state index >= 15 is 4.79 Å². The normalized spacial score (nSPS) is 41.9. The summed E-state index contributed by atoms with van der Waals surface area (Å²) in [5, 5.41) is 0. The molecule has 5 aliphatic carbocycles. The van der Waals surface area contributed by atoms with Crippen LogP contribution in [0.5, 0.6) is 0 Å². The Labute approximate surface area is 331 Å². The summed E-state index contributed by atoms with van der Waals surface area (Å²) in [4.78, 5) is 48.5. The number of hydrogen-bond acceptors (Lipinski definition) is 6. The van der Waals surface area contributed by atoms with E-state index in [0.717, 1.165) is 56.1 Å². The number of allylic oxidation sites excluding steroid dienone is 2. The first-order valence-corrected chi connectivity index (χ1v) is 21.2. The van der Waals surface area contributed by atoms with Crippen molar-refractivity contribution in [1.82, 2.24) is 4.90 Å². The lowest BCUT2D eigenvalue weighted by Crippen LogP contribution is -2.70. The summed E-state index contributed by atoms with van der Waals surface area (Å²) < 4.78 is 35.1. The molecule has 4 saturated carbocycles. The van der Waals surface area contributed by atoms with Gasteiger partial charge in [0, 0.05) is 37.9 Å². The largest absolute Gasteiger partial charge is 0.452 e. The SMILES string of the molecule is C[C@]1(C(=O)OC(c2ccccc2)c2ccccc2)CC[C@]2(C)CC[C@]3(C)C(=CC(=O)[C@@H]4[C@@]5(C)CC[C@H](N6CCC(F)(F)CC6)[C@@](C)(N=C=O)[C@@H]5CC[C@]43C)[C@@H]2C1. The third-order valence-electron chi connectivity index (χ3n) is 17.4. The van der Waals surface area contributed by atoms with E-state index in [0.29, 0.717) is 12.8 Å². The number of isocyanates is 1. The molecule has 0 amide bonds. The summed E-state index contributed by atoms with van der Waals surface area (Å²) in [6.07, 6.45) is 10.4. The fourth-order valence-electron chi connectivity index (χ4n) is 13.8. The van der Waals surface area contributed by atoms with E-state index in [1.165, 1.54) is 5.57 Å². The minimum atomic E-state index is -2.66. The Morgan fingerprint density at radius 1 is 0.821 bits per heavy atom. The molecule has 5 fully saturated rings. The molecule has 0 N–H and O–H groups in total. The number of benzene rings is 2. The monoisotopic (exact) mass is 766 g/mol. The van der Waals surface area contributed by atoms with Crippen molar-refractivity contribution in [1.29, 1.82) is 0 Å². The van der Waals surface area contributed by atoms with Gasteiger partial charge >= 0.3 is 5.97 Å². The van der Waals surface area contributed by atoms with Crippen molar-refractivity contribution in [3.8, 4) is 0 Å². The fourth-order valence-corrected chi connectivity index (χ4v) is 13.8. The van der Waals surface area contributed by atoms with Crippen molar-refractivity contribution >= 4 is 17.8 Å². The van der Waals surface area contributed by atoms with Gasteiger partial charge in [0.2, 0.25) is 6.08 Å². The summed E-state index contributed by atoms with van der Waals surface area (Å²) in [7, 11) is 0. The van der Waals surface area contributed by atoms with Crippen molar-refractivity contribution in [3.05, 3.63) is 83.4 Å². The Kier molecular flexibility index (Phi) is 9.52. The lowest BCUT2D eigenvalue weighted by molar-refractivity contribution is -0.187. The smallest absolute Gasteiger partial charge is 0.312 e. The molecule has 0 spiro atoms. The third-order valence-corrected chi connectivity index (χ3v) is 17.4. The number of likely N-dealkylation sites (tertiary alicyclic amines) is 1. The van der Waals surface area contributed by atoms with Gasteiger partial charge in [-0.1, -0.05) is 93.9 Å². The van der Waals surface area contributed by atoms with Gasteiger partial charge in [-0.2, -0.15) is 4.99 Å². The number of esters is 1. The van der Waals surface area contributed by atoms with Crippen LogP contribution in [0.25, 0.3) is 0 Å². The summed E-state index contributed by atoms with van der Waals surface area (Å²) in [5.41, 5.74) is 0.468. The molecule has 8 heteroatoms. The van der Waals surface area contributed by atoms with Crippen LogP contribution in [-0.2, 0) is 19.1 Å². The molecule has 0 unspecified atom stereocenters. The lowest BCUT2D eigenvalue weighted by atomic mass is 9.34. The quantitative estimate of drug-likeness (QED) is 0.166. The van der Waals surface area contributed by atoms with Gasteiger partial charge in [-0.15, -0.1) is 0 Å². The molecule has 0 radical (unpaired) electrons. The predicted molar refractivity (Wildman–Crippen MR) is 213 cm³/mol. The average Bonchev–Trinajstić information content (AvgIpc) is 3.16. The third kappa shape index (κ3) is 5.93. The van der Waals surface area contributed by atoms with E-state index in [2.05, 4.69) is 44.5 Å². The highest BCUT2D eigenvalue weighted by atomic mass is 19.3. The van der Waals surface area contributed by atoms with Crippen molar-refractivity contribution in [3.63, 3.8) is 0 Å². The number of ketones is 1. The first-order chi connectivity index (χ1) is 26.4. The number of rotatable bonds is 6. The van der Waals surface area contributed by atoms with Crippen LogP contribution in [0.3, 0.4) is 0 Å². The molecule has 6 aliphatic rings. The molecule has 56 heavy (non-hydrogen) atoms. The maximum atomic E-state index is 15.1. The molecule has 10 atom stereocenters. The van der Waals surface area contributed by atoms with Gasteiger partial charge in [0.1, 0.15) is 0 Å². The molecule has 1 heterocycles. The minimum absolute atomic E-state index is 0.0332. The van der Waals surface area contributed by atoms with Crippen LogP contribution in [0.15, 0.2) is 77.3 Å². The molecule has 2 aromatic rings. The molecular formula is C48H60F2N2O4. The summed E-state index contributed by atoms with van der Waals surface area (Å²) in [6.45, 7) is 14.0. The molecule has 1 saturated heterocycles. The summed E-state index contributed by atoms with van der Waals surface area (Å²) >= 11 is 0. The zero-order chi connectivity index (χ0) is 39.9. The number of nitrogens with zero attached hydrogens (tertiary/aromatic N) is 2. The van der Waals surface area contributed by atoms with Crippen molar-refractivity contribution in [2.24, 2.45) is 49.8 Å². The Morgan fingerprint density at radius 2 is 1.43 bits per heavy atom. The number of aliphatic imine (C=N–C) groups is 1. The standard InChI is InChI=1S/C48H60F2N2O4/c1-42-21-22-43(2,41(55)56-39(32-13-9-7-10-14-32)33-15-11-8-12-16-33)30-35(42)34-29-36(54)40-44(3)19-18-38(52-27-25-48(49,50)26-28-52)47(6,51-31-53)37(44)17-20-46(40,5)45(34,4)24-23-42/h7-16,29,35,37-40H,17-28,30H2,1-6H3/t35-,37+,38-,40+,42+,43-,44-,45+,46+,47-/m0/s1. The van der Waals surface area contributed by atoms with E-state index in [4.69, 9.17) is 4.74 Å². The van der Waals surface area contributed by atoms with Gasteiger partial charge < -0.3 is 4.74 Å². The van der Waals surface area contributed by atoms with E-state index < -0.39 is 28.4 Å². The molecule has 2 aromatic carbocycles. The first-order valence-electron chi connectivity index (χ1n) is 21.2. The molecule has 6 nitrogen and oxygen atoms in total. The highest BCUT2D eigenvalue weighted by molar-refractivity contribution is 5.95. The van der Waals surface area contributed by atoms with Crippen molar-refractivity contribution < 1.29 is 27.9 Å². The number of ether oxygens (including phenoxy) is 1. The van der Waals surface area contributed by atoms with Gasteiger partial charge in [-0.05, 0) is 122 Å². The zero-order valence-corrected chi connectivity index (χ0v) is 34.2. The zero-order valence-electron chi connectivity index (χ0n) is 34.2. The van der Waals surface area contributed by atoms with Gasteiger partial charge in [0.15, 0.2) is 11.9 Å². The second-order valence-electron chi connectivity index (χ2n) is 20.2. The summed E-state index contributed by atoms with van der Waals surface area (Å²) in [6, 6.07) is 19.7. The number of carbonyl (C=O) groups excluding carboxylic acids is 3. The van der Waals surface area contributed by atoms with Crippen LogP contribution < -0.4 is 0 Å².